The number of aryl methyl sites for hydroxylation is 1. The van der Waals surface area contributed by atoms with Crippen molar-refractivity contribution in [3.05, 3.63) is 81.5 Å². The molecule has 0 unspecified atom stereocenters. The second kappa shape index (κ2) is 9.46. The number of halogens is 5. The molecule has 3 aromatic rings. The zero-order valence-corrected chi connectivity index (χ0v) is 17.8. The predicted octanol–water partition coefficient (Wildman–Crippen LogP) is 6.47. The van der Waals surface area contributed by atoms with Crippen LogP contribution in [0.25, 0.3) is 0 Å². The van der Waals surface area contributed by atoms with Gasteiger partial charge < -0.3 is 10.1 Å². The van der Waals surface area contributed by atoms with Crippen LogP contribution in [0.4, 0.5) is 23.7 Å². The number of aromatic nitrogens is 1. The first kappa shape index (κ1) is 23.4. The number of carbonyl (C=O) groups is 2. The summed E-state index contributed by atoms with van der Waals surface area (Å²) in [6.07, 6.45) is -4.01. The van der Waals surface area contributed by atoms with Crippen molar-refractivity contribution in [1.82, 2.24) is 10.3 Å². The van der Waals surface area contributed by atoms with Crippen LogP contribution in [0.5, 0.6) is 11.6 Å². The average molecular weight is 484 g/mol. The number of rotatable bonds is 4. The van der Waals surface area contributed by atoms with E-state index in [-0.39, 0.29) is 27.4 Å². The van der Waals surface area contributed by atoms with Crippen molar-refractivity contribution in [3.8, 4) is 11.6 Å². The summed E-state index contributed by atoms with van der Waals surface area (Å²) in [4.78, 5) is 27.9. The monoisotopic (exact) mass is 483 g/mol. The number of alkyl halides is 3. The molecule has 0 fully saturated rings. The second-order valence-electron chi connectivity index (χ2n) is 6.48. The van der Waals surface area contributed by atoms with Crippen LogP contribution < -0.4 is 15.4 Å². The molecule has 2 N–H and O–H groups in total. The highest BCUT2D eigenvalue weighted by atomic mass is 35.5. The summed E-state index contributed by atoms with van der Waals surface area (Å²) in [6.45, 7) is 1.74. The first-order valence-electron chi connectivity index (χ1n) is 8.92. The van der Waals surface area contributed by atoms with E-state index in [4.69, 9.17) is 27.9 Å². The van der Waals surface area contributed by atoms with Crippen molar-refractivity contribution in [3.63, 3.8) is 0 Å². The molecule has 0 aliphatic heterocycles. The number of nitrogens with zero attached hydrogens (tertiary/aromatic N) is 1. The van der Waals surface area contributed by atoms with Crippen LogP contribution in [-0.2, 0) is 6.18 Å². The highest BCUT2D eigenvalue weighted by Gasteiger charge is 2.32. The van der Waals surface area contributed by atoms with E-state index >= 15 is 0 Å². The minimum absolute atomic E-state index is 0.0193. The molecule has 0 saturated carbocycles. The molecule has 0 radical (unpaired) electrons. The van der Waals surface area contributed by atoms with E-state index in [1.54, 1.807) is 31.2 Å². The number of imide groups is 1. The van der Waals surface area contributed by atoms with E-state index in [2.05, 4.69) is 15.6 Å². The van der Waals surface area contributed by atoms with E-state index in [0.717, 1.165) is 0 Å². The summed E-state index contributed by atoms with van der Waals surface area (Å²) in [5, 5.41) is 4.32. The number of pyridine rings is 1. The molecule has 0 aliphatic rings. The topological polar surface area (TPSA) is 80.3 Å². The number of nitrogens with one attached hydrogen (secondary N) is 2. The molecule has 166 valence electrons. The van der Waals surface area contributed by atoms with Crippen LogP contribution in [-0.4, -0.2) is 16.9 Å². The lowest BCUT2D eigenvalue weighted by Gasteiger charge is -2.12. The number of amides is 3. The van der Waals surface area contributed by atoms with Crippen molar-refractivity contribution in [2.24, 2.45) is 0 Å². The minimum Gasteiger partial charge on any atom is -0.436 e. The smallest absolute Gasteiger partial charge is 0.417 e. The summed E-state index contributed by atoms with van der Waals surface area (Å²) in [5.41, 5.74) is 0.277. The molecule has 11 heteroatoms. The Morgan fingerprint density at radius 2 is 1.75 bits per heavy atom. The maximum atomic E-state index is 12.7. The molecule has 0 atom stereocenters. The third-order valence-electron chi connectivity index (χ3n) is 4.15. The first-order chi connectivity index (χ1) is 15.0. The van der Waals surface area contributed by atoms with Gasteiger partial charge in [-0.25, -0.2) is 9.78 Å². The van der Waals surface area contributed by atoms with Crippen molar-refractivity contribution < 1.29 is 27.5 Å². The van der Waals surface area contributed by atoms with Crippen LogP contribution in [0.3, 0.4) is 0 Å². The Bertz CT molecular complexity index is 1190. The van der Waals surface area contributed by atoms with Gasteiger partial charge in [-0.1, -0.05) is 41.4 Å². The van der Waals surface area contributed by atoms with Gasteiger partial charge in [-0.3, -0.25) is 10.1 Å². The van der Waals surface area contributed by atoms with Gasteiger partial charge in [0.1, 0.15) is 10.8 Å². The summed E-state index contributed by atoms with van der Waals surface area (Å²) in [6, 6.07) is 10.8. The molecule has 6 nitrogen and oxygen atoms in total. The Morgan fingerprint density at radius 3 is 2.38 bits per heavy atom. The van der Waals surface area contributed by atoms with E-state index < -0.39 is 23.7 Å². The molecular weight excluding hydrogens is 470 g/mol. The Labute approximate surface area is 190 Å². The number of anilines is 1. The molecule has 1 heterocycles. The van der Waals surface area contributed by atoms with E-state index in [1.165, 1.54) is 18.2 Å². The lowest BCUT2D eigenvalue weighted by molar-refractivity contribution is -0.137. The van der Waals surface area contributed by atoms with Crippen molar-refractivity contribution in [1.29, 1.82) is 0 Å². The van der Waals surface area contributed by atoms with Gasteiger partial charge in [-0.05, 0) is 42.8 Å². The molecular formula is C21H14Cl2F3N3O3. The third kappa shape index (κ3) is 5.68. The van der Waals surface area contributed by atoms with Gasteiger partial charge >= 0.3 is 12.2 Å². The maximum absolute atomic E-state index is 12.7. The zero-order chi connectivity index (χ0) is 23.5. The average Bonchev–Trinajstić information content (AvgIpc) is 2.70. The largest absolute Gasteiger partial charge is 0.436 e. The molecule has 0 saturated heterocycles. The SMILES string of the molecule is Cc1ccccc1C(=O)NC(=O)Nc1ccc(Oc2ncc(C(F)(F)F)cc2Cl)c(Cl)c1. The fourth-order valence-corrected chi connectivity index (χ4v) is 3.01. The lowest BCUT2D eigenvalue weighted by Crippen LogP contribution is -2.34. The first-order valence-corrected chi connectivity index (χ1v) is 9.68. The summed E-state index contributed by atoms with van der Waals surface area (Å²) >= 11 is 11.9. The third-order valence-corrected chi connectivity index (χ3v) is 4.71. The molecule has 3 amide bonds. The molecule has 32 heavy (non-hydrogen) atoms. The van der Waals surface area contributed by atoms with Gasteiger partial charge in [0.25, 0.3) is 5.91 Å². The van der Waals surface area contributed by atoms with E-state index in [1.807, 2.05) is 0 Å². The fourth-order valence-electron chi connectivity index (χ4n) is 2.58. The Morgan fingerprint density at radius 1 is 1.03 bits per heavy atom. The standard InChI is InChI=1S/C21H14Cl2F3N3O3/c1-11-4-2-3-5-14(11)18(30)29-20(31)28-13-6-7-17(15(22)9-13)32-19-16(23)8-12(10-27-19)21(24,25)26/h2-10H,1H3,(H2,28,29,30,31). The number of hydrogen-bond donors (Lipinski definition) is 2. The number of carbonyl (C=O) groups excluding carboxylic acids is 2. The van der Waals surface area contributed by atoms with Crippen LogP contribution in [0.1, 0.15) is 21.5 Å². The van der Waals surface area contributed by atoms with Crippen LogP contribution in [0.15, 0.2) is 54.7 Å². The Hall–Kier alpha value is -3.30. The Kier molecular flexibility index (Phi) is 6.90. The minimum atomic E-state index is -4.60. The molecule has 1 aromatic heterocycles. The molecule has 0 spiro atoms. The number of ether oxygens (including phenoxy) is 1. The van der Waals surface area contributed by atoms with Crippen molar-refractivity contribution in [2.45, 2.75) is 13.1 Å². The molecule has 2 aromatic carbocycles. The quantitative estimate of drug-likeness (QED) is 0.445. The highest BCUT2D eigenvalue weighted by molar-refractivity contribution is 6.33. The lowest BCUT2D eigenvalue weighted by atomic mass is 10.1. The number of hydrogen-bond acceptors (Lipinski definition) is 4. The summed E-state index contributed by atoms with van der Waals surface area (Å²) in [5.74, 6) is -0.804. The second-order valence-corrected chi connectivity index (χ2v) is 7.29. The van der Waals surface area contributed by atoms with Gasteiger partial charge in [0, 0.05) is 17.4 Å². The zero-order valence-electron chi connectivity index (χ0n) is 16.3. The van der Waals surface area contributed by atoms with Gasteiger partial charge in [-0.15, -0.1) is 0 Å². The van der Waals surface area contributed by atoms with E-state index in [9.17, 15) is 22.8 Å². The van der Waals surface area contributed by atoms with Gasteiger partial charge in [-0.2, -0.15) is 13.2 Å². The van der Waals surface area contributed by atoms with E-state index in [0.29, 0.717) is 23.4 Å². The predicted molar refractivity (Wildman–Crippen MR) is 113 cm³/mol. The summed E-state index contributed by atoms with van der Waals surface area (Å²) in [7, 11) is 0. The van der Waals surface area contributed by atoms with Gasteiger partial charge in [0.05, 0.1) is 10.6 Å². The number of urea groups is 1. The van der Waals surface area contributed by atoms with Crippen molar-refractivity contribution in [2.75, 3.05) is 5.32 Å². The number of benzene rings is 2. The van der Waals surface area contributed by atoms with Crippen LogP contribution in [0, 0.1) is 6.92 Å². The highest BCUT2D eigenvalue weighted by Crippen LogP contribution is 2.37. The van der Waals surface area contributed by atoms with Gasteiger partial charge in [0.2, 0.25) is 5.88 Å². The normalized spacial score (nSPS) is 11.1. The molecule has 0 aliphatic carbocycles. The van der Waals surface area contributed by atoms with Crippen molar-refractivity contribution >= 4 is 40.8 Å². The Balaban J connectivity index is 1.67. The van der Waals surface area contributed by atoms with Crippen LogP contribution in [0.2, 0.25) is 10.0 Å². The summed E-state index contributed by atoms with van der Waals surface area (Å²) < 4.78 is 43.5. The molecule has 3 rings (SSSR count). The van der Waals surface area contributed by atoms with Crippen LogP contribution >= 0.6 is 23.2 Å². The molecule has 0 bridgehead atoms. The van der Waals surface area contributed by atoms with Gasteiger partial charge in [0.15, 0.2) is 0 Å². The maximum Gasteiger partial charge on any atom is 0.417 e. The fraction of sp³-hybridized carbons (Fsp3) is 0.0952.